The van der Waals surface area contributed by atoms with Gasteiger partial charge in [0.15, 0.2) is 6.61 Å². The van der Waals surface area contributed by atoms with Crippen molar-refractivity contribution in [3.8, 4) is 11.5 Å². The van der Waals surface area contributed by atoms with Crippen LogP contribution in [-0.2, 0) is 9.53 Å². The first-order valence-electron chi connectivity index (χ1n) is 7.83. The van der Waals surface area contributed by atoms with Crippen molar-refractivity contribution in [2.24, 2.45) is 0 Å². The molecule has 1 aliphatic rings. The molecule has 1 amide bonds. The number of amides is 1. The van der Waals surface area contributed by atoms with Gasteiger partial charge in [-0.25, -0.2) is 4.79 Å². The van der Waals surface area contributed by atoms with E-state index in [1.54, 1.807) is 23.1 Å². The van der Waals surface area contributed by atoms with Gasteiger partial charge in [-0.1, -0.05) is 18.9 Å². The molecule has 126 valence electrons. The van der Waals surface area contributed by atoms with E-state index >= 15 is 0 Å². The van der Waals surface area contributed by atoms with Gasteiger partial charge in [-0.3, -0.25) is 4.79 Å². The first-order chi connectivity index (χ1) is 11.2. The summed E-state index contributed by atoms with van der Waals surface area (Å²) in [6, 6.07) is 5.02. The zero-order valence-electron chi connectivity index (χ0n) is 13.7. The van der Waals surface area contributed by atoms with Crippen LogP contribution < -0.4 is 9.47 Å². The fourth-order valence-corrected chi connectivity index (χ4v) is 2.66. The van der Waals surface area contributed by atoms with E-state index in [0.29, 0.717) is 11.5 Å². The van der Waals surface area contributed by atoms with E-state index in [1.807, 2.05) is 0 Å². The molecule has 0 spiro atoms. The van der Waals surface area contributed by atoms with Crippen LogP contribution in [0.4, 0.5) is 0 Å². The van der Waals surface area contributed by atoms with Gasteiger partial charge in [0, 0.05) is 13.1 Å². The fourth-order valence-electron chi connectivity index (χ4n) is 2.66. The lowest BCUT2D eigenvalue weighted by molar-refractivity contribution is -0.134. The van der Waals surface area contributed by atoms with Crippen molar-refractivity contribution in [1.29, 1.82) is 0 Å². The molecule has 23 heavy (non-hydrogen) atoms. The van der Waals surface area contributed by atoms with Crippen LogP contribution in [0.15, 0.2) is 18.2 Å². The maximum atomic E-state index is 12.3. The van der Waals surface area contributed by atoms with Crippen LogP contribution in [0.1, 0.15) is 36.0 Å². The molecular formula is C17H23NO5. The average Bonchev–Trinajstić information content (AvgIpc) is 2.87. The van der Waals surface area contributed by atoms with Gasteiger partial charge < -0.3 is 19.1 Å². The lowest BCUT2D eigenvalue weighted by Crippen LogP contribution is -2.35. The smallest absolute Gasteiger partial charge is 0.346 e. The Bertz CT molecular complexity index is 528. The van der Waals surface area contributed by atoms with Gasteiger partial charge >= 0.3 is 5.97 Å². The Morgan fingerprint density at radius 1 is 1.00 bits per heavy atom. The molecule has 6 heteroatoms. The van der Waals surface area contributed by atoms with Gasteiger partial charge in [-0.05, 0) is 25.0 Å². The van der Waals surface area contributed by atoms with Gasteiger partial charge in [0.25, 0.3) is 5.91 Å². The minimum atomic E-state index is -0.623. The SMILES string of the molecule is COc1cccc(OC)c1C(=O)OCC(=O)N1CCCCCC1. The number of rotatable bonds is 5. The van der Waals surface area contributed by atoms with Crippen LogP contribution in [0.25, 0.3) is 0 Å². The number of carbonyl (C=O) groups is 2. The summed E-state index contributed by atoms with van der Waals surface area (Å²) in [4.78, 5) is 26.3. The fraction of sp³-hybridized carbons (Fsp3) is 0.529. The highest BCUT2D eigenvalue weighted by atomic mass is 16.5. The minimum absolute atomic E-state index is 0.158. The van der Waals surface area contributed by atoms with Crippen molar-refractivity contribution in [1.82, 2.24) is 4.90 Å². The van der Waals surface area contributed by atoms with Crippen LogP contribution in [-0.4, -0.2) is 50.7 Å². The number of esters is 1. The van der Waals surface area contributed by atoms with Gasteiger partial charge in [-0.2, -0.15) is 0 Å². The van der Waals surface area contributed by atoms with E-state index in [0.717, 1.165) is 38.8 Å². The number of ether oxygens (including phenoxy) is 3. The molecule has 0 aromatic heterocycles. The van der Waals surface area contributed by atoms with E-state index in [2.05, 4.69) is 0 Å². The molecule has 0 atom stereocenters. The average molecular weight is 321 g/mol. The van der Waals surface area contributed by atoms with Crippen molar-refractivity contribution in [2.75, 3.05) is 33.9 Å². The van der Waals surface area contributed by atoms with E-state index in [4.69, 9.17) is 14.2 Å². The standard InChI is InChI=1S/C17H23NO5/c1-21-13-8-7-9-14(22-2)16(13)17(20)23-12-15(19)18-10-5-3-4-6-11-18/h7-9H,3-6,10-12H2,1-2H3. The zero-order valence-corrected chi connectivity index (χ0v) is 13.7. The Kier molecular flexibility index (Phi) is 6.26. The predicted octanol–water partition coefficient (Wildman–Crippen LogP) is 2.26. The molecule has 0 unspecified atom stereocenters. The quantitative estimate of drug-likeness (QED) is 0.778. The van der Waals surface area contributed by atoms with Crippen LogP contribution in [0.3, 0.4) is 0 Å². The monoisotopic (exact) mass is 321 g/mol. The normalized spacial score (nSPS) is 14.8. The number of methoxy groups -OCH3 is 2. The van der Waals surface area contributed by atoms with Crippen molar-refractivity contribution < 1.29 is 23.8 Å². The van der Waals surface area contributed by atoms with Crippen molar-refractivity contribution >= 4 is 11.9 Å². The number of hydrogen-bond donors (Lipinski definition) is 0. The maximum Gasteiger partial charge on any atom is 0.346 e. The molecule has 0 aliphatic carbocycles. The Morgan fingerprint density at radius 2 is 1.57 bits per heavy atom. The summed E-state index contributed by atoms with van der Waals surface area (Å²) in [6.45, 7) is 1.20. The molecule has 1 aromatic rings. The molecule has 0 radical (unpaired) electrons. The molecule has 1 saturated heterocycles. The maximum absolute atomic E-state index is 12.3. The molecule has 1 aromatic carbocycles. The lowest BCUT2D eigenvalue weighted by Gasteiger charge is -2.20. The number of nitrogens with zero attached hydrogens (tertiary/aromatic N) is 1. The summed E-state index contributed by atoms with van der Waals surface area (Å²) in [5.74, 6) is -0.0651. The van der Waals surface area contributed by atoms with Gasteiger partial charge in [0.05, 0.1) is 14.2 Å². The molecule has 1 fully saturated rings. The summed E-state index contributed by atoms with van der Waals surface area (Å²) in [5.41, 5.74) is 0.196. The molecule has 0 bridgehead atoms. The first kappa shape index (κ1) is 17.1. The second-order valence-corrected chi connectivity index (χ2v) is 5.41. The van der Waals surface area contributed by atoms with E-state index in [1.165, 1.54) is 14.2 Å². The van der Waals surface area contributed by atoms with Crippen molar-refractivity contribution in [3.63, 3.8) is 0 Å². The topological polar surface area (TPSA) is 65.1 Å². The predicted molar refractivity (Wildman–Crippen MR) is 84.9 cm³/mol. The molecule has 6 nitrogen and oxygen atoms in total. The van der Waals surface area contributed by atoms with E-state index in [9.17, 15) is 9.59 Å². The third-order valence-electron chi connectivity index (χ3n) is 3.92. The van der Waals surface area contributed by atoms with Crippen LogP contribution in [0.2, 0.25) is 0 Å². The van der Waals surface area contributed by atoms with Gasteiger partial charge in [-0.15, -0.1) is 0 Å². The molecule has 0 N–H and O–H groups in total. The van der Waals surface area contributed by atoms with E-state index < -0.39 is 5.97 Å². The summed E-state index contributed by atoms with van der Waals surface area (Å²) < 4.78 is 15.5. The summed E-state index contributed by atoms with van der Waals surface area (Å²) in [6.07, 6.45) is 4.28. The van der Waals surface area contributed by atoms with Crippen molar-refractivity contribution in [2.45, 2.75) is 25.7 Å². The highest BCUT2D eigenvalue weighted by Gasteiger charge is 2.22. The second kappa shape index (κ2) is 8.41. The Labute approximate surface area is 136 Å². The number of benzene rings is 1. The molecular weight excluding hydrogens is 298 g/mol. The van der Waals surface area contributed by atoms with Gasteiger partial charge in [0.1, 0.15) is 17.1 Å². The molecule has 2 rings (SSSR count). The summed E-state index contributed by atoms with van der Waals surface area (Å²) >= 11 is 0. The highest BCUT2D eigenvalue weighted by Crippen LogP contribution is 2.28. The minimum Gasteiger partial charge on any atom is -0.496 e. The molecule has 0 saturated carbocycles. The Balaban J connectivity index is 2.00. The zero-order chi connectivity index (χ0) is 16.7. The second-order valence-electron chi connectivity index (χ2n) is 5.41. The van der Waals surface area contributed by atoms with Crippen LogP contribution >= 0.6 is 0 Å². The third kappa shape index (κ3) is 4.37. The first-order valence-corrected chi connectivity index (χ1v) is 7.83. The number of hydrogen-bond acceptors (Lipinski definition) is 5. The Hall–Kier alpha value is -2.24. The highest BCUT2D eigenvalue weighted by molar-refractivity contribution is 5.96. The van der Waals surface area contributed by atoms with Crippen molar-refractivity contribution in [3.05, 3.63) is 23.8 Å². The number of carbonyl (C=O) groups excluding carboxylic acids is 2. The van der Waals surface area contributed by atoms with Crippen LogP contribution in [0, 0.1) is 0 Å². The van der Waals surface area contributed by atoms with Gasteiger partial charge in [0.2, 0.25) is 0 Å². The number of likely N-dealkylation sites (tertiary alicyclic amines) is 1. The van der Waals surface area contributed by atoms with E-state index in [-0.39, 0.29) is 18.1 Å². The summed E-state index contributed by atoms with van der Waals surface area (Å²) in [7, 11) is 2.93. The van der Waals surface area contributed by atoms with Crippen LogP contribution in [0.5, 0.6) is 11.5 Å². The molecule has 1 heterocycles. The lowest BCUT2D eigenvalue weighted by atomic mass is 10.2. The Morgan fingerprint density at radius 3 is 2.09 bits per heavy atom. The molecule has 1 aliphatic heterocycles. The largest absolute Gasteiger partial charge is 0.496 e. The third-order valence-corrected chi connectivity index (χ3v) is 3.92. The summed E-state index contributed by atoms with van der Waals surface area (Å²) in [5, 5.41) is 0.